The summed E-state index contributed by atoms with van der Waals surface area (Å²) >= 11 is 0. The number of nitrogens with one attached hydrogen (secondary N) is 3. The molecule has 0 saturated carbocycles. The zero-order valence-electron chi connectivity index (χ0n) is 22.1. The maximum Gasteiger partial charge on any atom is 0.224 e. The van der Waals surface area contributed by atoms with Gasteiger partial charge in [0.05, 0.1) is 46.7 Å². The number of benzene rings is 1. The van der Waals surface area contributed by atoms with Crippen molar-refractivity contribution in [1.82, 2.24) is 30.1 Å². The number of phenols is 1. The summed E-state index contributed by atoms with van der Waals surface area (Å²) in [5.41, 5.74) is 5.96. The van der Waals surface area contributed by atoms with Crippen LogP contribution in [0.15, 0.2) is 67.4 Å². The van der Waals surface area contributed by atoms with Crippen molar-refractivity contribution in [3.63, 3.8) is 0 Å². The predicted molar refractivity (Wildman–Crippen MR) is 152 cm³/mol. The second-order valence-electron chi connectivity index (χ2n) is 11.0. The number of carbonyl (C=O) groups is 1. The molecule has 1 aromatic carbocycles. The average molecular weight is 536 g/mol. The Labute approximate surface area is 228 Å². The number of pyridine rings is 3. The number of anilines is 1. The van der Waals surface area contributed by atoms with Gasteiger partial charge in [-0.05, 0) is 41.3 Å². The van der Waals surface area contributed by atoms with E-state index in [4.69, 9.17) is 0 Å². The normalized spacial score (nSPS) is 11.8. The maximum absolute atomic E-state index is 14.0. The van der Waals surface area contributed by atoms with Gasteiger partial charge in [0.15, 0.2) is 0 Å². The van der Waals surface area contributed by atoms with Gasteiger partial charge < -0.3 is 15.4 Å². The Bertz CT molecular complexity index is 1880. The van der Waals surface area contributed by atoms with Crippen molar-refractivity contribution in [3.05, 3.63) is 73.2 Å². The monoisotopic (exact) mass is 535 g/mol. The number of rotatable bonds is 5. The third-order valence-corrected chi connectivity index (χ3v) is 6.45. The molecule has 0 unspecified atom stereocenters. The highest BCUT2D eigenvalue weighted by Gasteiger charge is 2.18. The van der Waals surface area contributed by atoms with Crippen molar-refractivity contribution in [1.29, 1.82) is 0 Å². The Morgan fingerprint density at radius 2 is 1.75 bits per heavy atom. The Morgan fingerprint density at radius 1 is 0.925 bits per heavy atom. The van der Waals surface area contributed by atoms with Gasteiger partial charge in [0.2, 0.25) is 5.91 Å². The molecule has 4 N–H and O–H groups in total. The number of amides is 1. The lowest BCUT2D eigenvalue weighted by Gasteiger charge is -2.17. The van der Waals surface area contributed by atoms with E-state index in [0.29, 0.717) is 34.6 Å². The second-order valence-corrected chi connectivity index (χ2v) is 11.0. The van der Waals surface area contributed by atoms with Crippen LogP contribution in [-0.2, 0) is 4.79 Å². The van der Waals surface area contributed by atoms with Gasteiger partial charge in [0.25, 0.3) is 0 Å². The summed E-state index contributed by atoms with van der Waals surface area (Å²) in [5.74, 6) is -0.769. The van der Waals surface area contributed by atoms with Crippen LogP contribution in [0.5, 0.6) is 5.75 Å². The van der Waals surface area contributed by atoms with Crippen LogP contribution in [0.4, 0.5) is 10.1 Å². The zero-order chi connectivity index (χ0) is 28.0. The number of aromatic nitrogens is 6. The predicted octanol–water partition coefficient (Wildman–Crippen LogP) is 6.45. The van der Waals surface area contributed by atoms with Crippen LogP contribution in [-0.4, -0.2) is 41.1 Å². The molecule has 0 fully saturated rings. The first-order valence-electron chi connectivity index (χ1n) is 12.7. The summed E-state index contributed by atoms with van der Waals surface area (Å²) in [6.07, 6.45) is 8.73. The topological polar surface area (TPSA) is 132 Å². The van der Waals surface area contributed by atoms with E-state index in [0.717, 1.165) is 39.1 Å². The molecule has 0 saturated heterocycles. The molecular formula is C30H26FN7O2. The van der Waals surface area contributed by atoms with Crippen LogP contribution in [0, 0.1) is 11.2 Å². The van der Waals surface area contributed by atoms with Crippen LogP contribution in [0.25, 0.3) is 55.6 Å². The standard InChI is InChI=1S/C30H26FN7O2/c1-30(2,3)10-28(40)35-19-5-17(11-32-12-19)24-9-22-27(15-34-24)37-38-29(22)25-8-21-23(13-33-14-26(21)36-25)16-4-18(31)7-20(39)6-16/h4-9,11-15,36,39H,10H2,1-3H3,(H,35,40)(H,37,38). The number of carbonyl (C=O) groups excluding carboxylic acids is 1. The average Bonchev–Trinajstić information content (AvgIpc) is 3.50. The molecule has 9 nitrogen and oxygen atoms in total. The fraction of sp³-hybridized carbons (Fsp3) is 0.167. The summed E-state index contributed by atoms with van der Waals surface area (Å²) in [5, 5.41) is 22.0. The van der Waals surface area contributed by atoms with Gasteiger partial charge in [-0.15, -0.1) is 0 Å². The molecule has 6 aromatic rings. The molecule has 0 spiro atoms. The smallest absolute Gasteiger partial charge is 0.224 e. The minimum Gasteiger partial charge on any atom is -0.508 e. The molecule has 0 aliphatic carbocycles. The number of aromatic amines is 2. The number of nitrogens with zero attached hydrogens (tertiary/aromatic N) is 4. The number of aromatic hydroxyl groups is 1. The largest absolute Gasteiger partial charge is 0.508 e. The fourth-order valence-electron chi connectivity index (χ4n) is 4.75. The Balaban J connectivity index is 1.37. The maximum atomic E-state index is 14.0. The number of hydrogen-bond acceptors (Lipinski definition) is 6. The molecule has 5 aromatic heterocycles. The first-order chi connectivity index (χ1) is 19.1. The van der Waals surface area contributed by atoms with E-state index in [-0.39, 0.29) is 17.1 Å². The van der Waals surface area contributed by atoms with Crippen molar-refractivity contribution in [2.75, 3.05) is 5.32 Å². The van der Waals surface area contributed by atoms with Crippen LogP contribution in [0.2, 0.25) is 0 Å². The van der Waals surface area contributed by atoms with Crippen molar-refractivity contribution < 1.29 is 14.3 Å². The van der Waals surface area contributed by atoms with Crippen molar-refractivity contribution in [2.45, 2.75) is 27.2 Å². The van der Waals surface area contributed by atoms with Gasteiger partial charge >= 0.3 is 0 Å². The summed E-state index contributed by atoms with van der Waals surface area (Å²) in [6, 6.07) is 9.61. The zero-order valence-corrected chi connectivity index (χ0v) is 22.1. The molecule has 0 radical (unpaired) electrons. The Hall–Kier alpha value is -5.12. The van der Waals surface area contributed by atoms with E-state index >= 15 is 0 Å². The molecule has 5 heterocycles. The molecule has 0 atom stereocenters. The molecule has 10 heteroatoms. The van der Waals surface area contributed by atoms with Gasteiger partial charge in [-0.25, -0.2) is 4.39 Å². The molecular weight excluding hydrogens is 509 g/mol. The Morgan fingerprint density at radius 3 is 2.55 bits per heavy atom. The lowest BCUT2D eigenvalue weighted by atomic mass is 9.92. The van der Waals surface area contributed by atoms with Gasteiger partial charge in [0.1, 0.15) is 17.3 Å². The molecule has 200 valence electrons. The van der Waals surface area contributed by atoms with E-state index in [1.807, 2.05) is 39.0 Å². The molecule has 0 bridgehead atoms. The first-order valence-corrected chi connectivity index (χ1v) is 12.7. The molecule has 6 rings (SSSR count). The molecule has 0 aliphatic heterocycles. The summed E-state index contributed by atoms with van der Waals surface area (Å²) in [7, 11) is 0. The summed E-state index contributed by atoms with van der Waals surface area (Å²) < 4.78 is 14.0. The van der Waals surface area contributed by atoms with E-state index in [9.17, 15) is 14.3 Å². The second kappa shape index (κ2) is 9.57. The quantitative estimate of drug-likeness (QED) is 0.201. The van der Waals surface area contributed by atoms with E-state index in [1.54, 1.807) is 31.0 Å². The van der Waals surface area contributed by atoms with Crippen LogP contribution < -0.4 is 5.32 Å². The lowest BCUT2D eigenvalue weighted by Crippen LogP contribution is -2.19. The minimum absolute atomic E-state index is 0.0758. The number of phenolic OH excluding ortho intramolecular Hbond substituents is 1. The van der Waals surface area contributed by atoms with Crippen molar-refractivity contribution in [3.8, 4) is 39.5 Å². The third kappa shape index (κ3) is 4.98. The van der Waals surface area contributed by atoms with Crippen LogP contribution in [0.1, 0.15) is 27.2 Å². The van der Waals surface area contributed by atoms with Gasteiger partial charge in [-0.2, -0.15) is 5.10 Å². The van der Waals surface area contributed by atoms with Crippen molar-refractivity contribution in [2.24, 2.45) is 5.41 Å². The van der Waals surface area contributed by atoms with Crippen LogP contribution >= 0.6 is 0 Å². The van der Waals surface area contributed by atoms with Crippen molar-refractivity contribution >= 4 is 33.4 Å². The number of H-pyrrole nitrogens is 2. The highest BCUT2D eigenvalue weighted by molar-refractivity contribution is 6.01. The third-order valence-electron chi connectivity index (χ3n) is 6.45. The summed E-state index contributed by atoms with van der Waals surface area (Å²) in [4.78, 5) is 29.0. The molecule has 0 aliphatic rings. The molecule has 1 amide bonds. The van der Waals surface area contributed by atoms with E-state index in [1.165, 1.54) is 12.1 Å². The number of hydrogen-bond donors (Lipinski definition) is 4. The lowest BCUT2D eigenvalue weighted by molar-refractivity contribution is -0.117. The number of halogens is 1. The Kier molecular flexibility index (Phi) is 6.02. The van der Waals surface area contributed by atoms with E-state index in [2.05, 4.69) is 35.5 Å². The fourth-order valence-corrected chi connectivity index (χ4v) is 4.75. The van der Waals surface area contributed by atoms with Crippen LogP contribution in [0.3, 0.4) is 0 Å². The minimum atomic E-state index is -0.534. The van der Waals surface area contributed by atoms with Gasteiger partial charge in [-0.3, -0.25) is 24.8 Å². The van der Waals surface area contributed by atoms with Gasteiger partial charge in [0, 0.05) is 46.8 Å². The molecule has 40 heavy (non-hydrogen) atoms. The highest BCUT2D eigenvalue weighted by Crippen LogP contribution is 2.35. The summed E-state index contributed by atoms with van der Waals surface area (Å²) in [6.45, 7) is 6.04. The SMILES string of the molecule is CC(C)(C)CC(=O)Nc1cncc(-c2cc3c(-c4cc5c(-c6cc(O)cc(F)c6)cncc5[nH]4)n[nH]c3cn2)c1. The van der Waals surface area contributed by atoms with E-state index < -0.39 is 5.82 Å². The number of fused-ring (bicyclic) bond motifs is 2. The first kappa shape index (κ1) is 25.2. The van der Waals surface area contributed by atoms with Gasteiger partial charge in [-0.1, -0.05) is 20.8 Å². The highest BCUT2D eigenvalue weighted by atomic mass is 19.1.